The van der Waals surface area contributed by atoms with Crippen molar-refractivity contribution in [2.45, 2.75) is 24.9 Å². The van der Waals surface area contributed by atoms with E-state index >= 15 is 0 Å². The molecule has 0 rings (SSSR count). The van der Waals surface area contributed by atoms with Crippen LogP contribution < -0.4 is 11.5 Å². The minimum Gasteiger partial charge on any atom is -0.481 e. The molecular weight excluding hydrogens is 232 g/mol. The number of carboxylic acids is 1. The zero-order chi connectivity index (χ0) is 12.7. The van der Waals surface area contributed by atoms with E-state index in [0.717, 1.165) is 0 Å². The van der Waals surface area contributed by atoms with Gasteiger partial charge in [0, 0.05) is 0 Å². The van der Waals surface area contributed by atoms with Crippen molar-refractivity contribution in [2.75, 3.05) is 12.0 Å². The van der Waals surface area contributed by atoms with Crippen LogP contribution in [-0.2, 0) is 14.4 Å². The third-order valence-corrected chi connectivity index (χ3v) is 2.59. The molecule has 6 nitrogen and oxygen atoms in total. The van der Waals surface area contributed by atoms with Crippen LogP contribution in [0.2, 0.25) is 0 Å². The van der Waals surface area contributed by atoms with Crippen LogP contribution in [0.15, 0.2) is 0 Å². The highest BCUT2D eigenvalue weighted by Gasteiger charge is 2.27. The summed E-state index contributed by atoms with van der Waals surface area (Å²) < 4.78 is 0. The zero-order valence-corrected chi connectivity index (χ0v) is 9.83. The number of carboxylic acid groups (broad SMARTS) is 1. The van der Waals surface area contributed by atoms with E-state index in [-0.39, 0.29) is 0 Å². The molecule has 0 heterocycles. The van der Waals surface area contributed by atoms with Crippen molar-refractivity contribution in [3.05, 3.63) is 0 Å². The lowest BCUT2D eigenvalue weighted by molar-refractivity contribution is -0.142. The van der Waals surface area contributed by atoms with Crippen molar-refractivity contribution < 1.29 is 19.5 Å². The van der Waals surface area contributed by atoms with Gasteiger partial charge in [0.15, 0.2) is 0 Å². The van der Waals surface area contributed by atoms with E-state index in [1.807, 2.05) is 6.26 Å². The summed E-state index contributed by atoms with van der Waals surface area (Å²) in [5, 5.41) is 8.42. The second kappa shape index (κ2) is 7.37. The Labute approximate surface area is 97.7 Å². The molecule has 0 spiro atoms. The van der Waals surface area contributed by atoms with Gasteiger partial charge in [-0.1, -0.05) is 0 Å². The van der Waals surface area contributed by atoms with Gasteiger partial charge in [-0.25, -0.2) is 0 Å². The number of aliphatic carboxylic acids is 1. The van der Waals surface area contributed by atoms with Crippen molar-refractivity contribution in [1.29, 1.82) is 0 Å². The molecule has 5 N–H and O–H groups in total. The Kier molecular flexibility index (Phi) is 6.95. The van der Waals surface area contributed by atoms with E-state index in [9.17, 15) is 14.4 Å². The molecule has 2 atom stereocenters. The van der Waals surface area contributed by atoms with Crippen LogP contribution in [0.1, 0.15) is 12.8 Å². The second-order valence-electron chi connectivity index (χ2n) is 3.32. The molecule has 0 saturated heterocycles. The maximum atomic E-state index is 11.4. The molecule has 0 saturated carbocycles. The summed E-state index contributed by atoms with van der Waals surface area (Å²) in [6.45, 7) is 0. The number of hydrogen-bond donors (Lipinski definition) is 3. The first-order chi connectivity index (χ1) is 7.40. The molecule has 0 amide bonds. The third kappa shape index (κ3) is 5.24. The summed E-state index contributed by atoms with van der Waals surface area (Å²) in [4.78, 5) is 33.1. The highest BCUT2D eigenvalue weighted by atomic mass is 32.2. The maximum Gasteiger partial charge on any atom is 0.305 e. The number of nitrogens with two attached hydrogens (primary N) is 2. The molecule has 0 aliphatic rings. The van der Waals surface area contributed by atoms with Crippen molar-refractivity contribution in [3.63, 3.8) is 0 Å². The van der Waals surface area contributed by atoms with Gasteiger partial charge in [-0.3, -0.25) is 14.4 Å². The van der Waals surface area contributed by atoms with Gasteiger partial charge in [-0.05, 0) is 18.4 Å². The van der Waals surface area contributed by atoms with Crippen LogP contribution in [0, 0.1) is 0 Å². The topological polar surface area (TPSA) is 123 Å². The van der Waals surface area contributed by atoms with Gasteiger partial charge in [0.2, 0.25) is 11.6 Å². The molecule has 7 heteroatoms. The fourth-order valence-corrected chi connectivity index (χ4v) is 1.51. The molecule has 0 aromatic carbocycles. The number of ketones is 2. The first-order valence-corrected chi connectivity index (χ1v) is 6.09. The van der Waals surface area contributed by atoms with E-state index in [4.69, 9.17) is 16.6 Å². The Bertz CT molecular complexity index is 283. The number of carbonyl (C=O) groups excluding carboxylic acids is 2. The van der Waals surface area contributed by atoms with Crippen molar-refractivity contribution in [2.24, 2.45) is 11.5 Å². The number of thioether (sulfide) groups is 1. The molecule has 0 unspecified atom stereocenters. The predicted molar refractivity (Wildman–Crippen MR) is 61.2 cm³/mol. The van der Waals surface area contributed by atoms with Gasteiger partial charge in [0.25, 0.3) is 0 Å². The van der Waals surface area contributed by atoms with Crippen molar-refractivity contribution >= 4 is 29.3 Å². The van der Waals surface area contributed by atoms with Crippen LogP contribution in [0.5, 0.6) is 0 Å². The van der Waals surface area contributed by atoms with Crippen LogP contribution in [0.25, 0.3) is 0 Å². The molecule has 0 bridgehead atoms. The van der Waals surface area contributed by atoms with Gasteiger partial charge in [-0.2, -0.15) is 11.8 Å². The molecule has 0 radical (unpaired) electrons. The lowest BCUT2D eigenvalue weighted by Gasteiger charge is -2.11. The van der Waals surface area contributed by atoms with Crippen LogP contribution >= 0.6 is 11.8 Å². The number of Topliss-reactive ketones (excluding diaryl/α,β-unsaturated/α-hetero) is 2. The minimum atomic E-state index is -1.30. The van der Waals surface area contributed by atoms with Gasteiger partial charge in [0.05, 0.1) is 18.5 Å². The smallest absolute Gasteiger partial charge is 0.305 e. The Morgan fingerprint density at radius 1 is 1.19 bits per heavy atom. The molecule has 16 heavy (non-hydrogen) atoms. The minimum absolute atomic E-state index is 0.380. The van der Waals surface area contributed by atoms with Gasteiger partial charge in [0.1, 0.15) is 0 Å². The van der Waals surface area contributed by atoms with Crippen molar-refractivity contribution in [1.82, 2.24) is 0 Å². The SMILES string of the molecule is CSCC[C@H](N)C(=O)C(=O)[C@@H](N)CC(=O)O. The molecular formula is C9H16N2O4S. The van der Waals surface area contributed by atoms with Crippen LogP contribution in [0.3, 0.4) is 0 Å². The summed E-state index contributed by atoms with van der Waals surface area (Å²) in [7, 11) is 0. The molecule has 0 aliphatic carbocycles. The van der Waals surface area contributed by atoms with Gasteiger partial charge < -0.3 is 16.6 Å². The van der Waals surface area contributed by atoms with E-state index in [1.54, 1.807) is 0 Å². The standard InChI is InChI=1S/C9H16N2O4S/c1-16-3-2-5(10)8(14)9(15)6(11)4-7(12)13/h5-6H,2-4,10-11H2,1H3,(H,12,13)/t5-,6-/m0/s1. The first kappa shape index (κ1) is 15.1. The van der Waals surface area contributed by atoms with Crippen LogP contribution in [0.4, 0.5) is 0 Å². The predicted octanol–water partition coefficient (Wildman–Crippen LogP) is -0.993. The van der Waals surface area contributed by atoms with Crippen LogP contribution in [-0.4, -0.2) is 46.7 Å². The maximum absolute atomic E-state index is 11.4. The van der Waals surface area contributed by atoms with Crippen molar-refractivity contribution in [3.8, 4) is 0 Å². The van der Waals surface area contributed by atoms with E-state index in [2.05, 4.69) is 0 Å². The summed E-state index contributed by atoms with van der Waals surface area (Å²) >= 11 is 1.51. The third-order valence-electron chi connectivity index (χ3n) is 1.94. The second-order valence-corrected chi connectivity index (χ2v) is 4.31. The average molecular weight is 248 g/mol. The molecule has 92 valence electrons. The zero-order valence-electron chi connectivity index (χ0n) is 9.01. The first-order valence-electron chi connectivity index (χ1n) is 4.70. The highest BCUT2D eigenvalue weighted by Crippen LogP contribution is 2.02. The fourth-order valence-electron chi connectivity index (χ4n) is 1.02. The molecule has 0 aliphatic heterocycles. The lowest BCUT2D eigenvalue weighted by Crippen LogP contribution is -2.45. The number of rotatable bonds is 8. The number of hydrogen-bond acceptors (Lipinski definition) is 6. The van der Waals surface area contributed by atoms with Gasteiger partial charge >= 0.3 is 5.97 Å². The normalized spacial score (nSPS) is 14.2. The monoisotopic (exact) mass is 248 g/mol. The summed E-state index contributed by atoms with van der Waals surface area (Å²) in [5.41, 5.74) is 10.8. The Balaban J connectivity index is 4.26. The lowest BCUT2D eigenvalue weighted by atomic mass is 10.0. The summed E-state index contributed by atoms with van der Waals surface area (Å²) in [6, 6.07) is -2.19. The average Bonchev–Trinajstić information content (AvgIpc) is 2.22. The fraction of sp³-hybridized carbons (Fsp3) is 0.667. The largest absolute Gasteiger partial charge is 0.481 e. The Hall–Kier alpha value is -0.920. The van der Waals surface area contributed by atoms with Gasteiger partial charge in [-0.15, -0.1) is 0 Å². The summed E-state index contributed by atoms with van der Waals surface area (Å²) in [6.07, 6.45) is 1.68. The Morgan fingerprint density at radius 2 is 1.69 bits per heavy atom. The Morgan fingerprint density at radius 3 is 2.12 bits per heavy atom. The number of carbonyl (C=O) groups is 3. The van der Waals surface area contributed by atoms with E-state index in [1.165, 1.54) is 11.8 Å². The van der Waals surface area contributed by atoms with E-state index in [0.29, 0.717) is 12.2 Å². The molecule has 0 aromatic rings. The molecule has 0 fully saturated rings. The highest BCUT2D eigenvalue weighted by molar-refractivity contribution is 7.98. The summed E-state index contributed by atoms with van der Waals surface area (Å²) in [5.74, 6) is -2.25. The molecule has 0 aromatic heterocycles. The quantitative estimate of drug-likeness (QED) is 0.471. The van der Waals surface area contributed by atoms with E-state index < -0.39 is 36.0 Å².